The van der Waals surface area contributed by atoms with E-state index in [1.807, 2.05) is 6.07 Å². The number of rotatable bonds is 12. The summed E-state index contributed by atoms with van der Waals surface area (Å²) >= 11 is 0. The van der Waals surface area contributed by atoms with E-state index in [0.717, 1.165) is 73.9 Å². The summed E-state index contributed by atoms with van der Waals surface area (Å²) < 4.78 is 15.0. The second-order valence-electron chi connectivity index (χ2n) is 15.3. The second kappa shape index (κ2) is 14.6. The number of benzene rings is 2. The number of hydrogen-bond acceptors (Lipinski definition) is 7. The largest absolute Gasteiger partial charge is 0.492 e. The van der Waals surface area contributed by atoms with Gasteiger partial charge in [0, 0.05) is 43.9 Å². The first kappa shape index (κ1) is 35.1. The van der Waals surface area contributed by atoms with Gasteiger partial charge in [0.05, 0.1) is 6.54 Å². The normalized spacial score (nSPS) is 16.7. The maximum atomic E-state index is 6.43. The van der Waals surface area contributed by atoms with Crippen molar-refractivity contribution in [3.05, 3.63) is 66.0 Å². The summed E-state index contributed by atoms with van der Waals surface area (Å²) in [4.78, 5) is 19.5. The van der Waals surface area contributed by atoms with Crippen molar-refractivity contribution in [3.8, 4) is 34.5 Å². The minimum atomic E-state index is -2.02. The van der Waals surface area contributed by atoms with Crippen molar-refractivity contribution >= 4 is 19.2 Å². The molecule has 49 heavy (non-hydrogen) atoms. The van der Waals surface area contributed by atoms with Gasteiger partial charge in [0.25, 0.3) is 0 Å². The maximum Gasteiger partial charge on any atom is 0.245 e. The lowest BCUT2D eigenvalue weighted by Crippen LogP contribution is -2.45. The molecule has 260 valence electrons. The van der Waals surface area contributed by atoms with E-state index in [1.165, 1.54) is 5.56 Å². The average Bonchev–Trinajstić information content (AvgIpc) is 3.69. The molecule has 2 aliphatic rings. The summed E-state index contributed by atoms with van der Waals surface area (Å²) in [5.74, 6) is 5.96. The molecule has 0 bridgehead atoms. The van der Waals surface area contributed by atoms with E-state index in [0.29, 0.717) is 41.2 Å². The number of imidazole rings is 1. The summed E-state index contributed by atoms with van der Waals surface area (Å²) in [6.07, 6.45) is 3.63. The molecule has 0 N–H and O–H groups in total. The first-order chi connectivity index (χ1) is 23.5. The van der Waals surface area contributed by atoms with Crippen LogP contribution < -0.4 is 9.47 Å². The Bertz CT molecular complexity index is 1770. The molecule has 0 spiro atoms. The molecule has 0 atom stereocenters. The van der Waals surface area contributed by atoms with Gasteiger partial charge in [-0.15, -0.1) is 5.54 Å². The van der Waals surface area contributed by atoms with Crippen molar-refractivity contribution in [2.24, 2.45) is 0 Å². The van der Waals surface area contributed by atoms with Crippen LogP contribution in [0.3, 0.4) is 0 Å². The minimum absolute atomic E-state index is 0.192. The molecule has 6 rings (SSSR count). The fraction of sp³-hybridized carbons (Fsp3) is 0.525. The predicted molar refractivity (Wildman–Crippen MR) is 202 cm³/mol. The van der Waals surface area contributed by atoms with Crippen molar-refractivity contribution in [1.82, 2.24) is 29.3 Å². The van der Waals surface area contributed by atoms with Crippen molar-refractivity contribution < 1.29 is 9.47 Å². The Hall–Kier alpha value is -3.71. The van der Waals surface area contributed by atoms with E-state index < -0.39 is 8.07 Å². The van der Waals surface area contributed by atoms with Crippen LogP contribution >= 0.6 is 0 Å². The molecule has 2 aromatic heterocycles. The Kier molecular flexibility index (Phi) is 10.5. The fourth-order valence-electron chi connectivity index (χ4n) is 7.51. The third-order valence-electron chi connectivity index (χ3n) is 10.8. The second-order valence-corrected chi connectivity index (χ2v) is 20.8. The molecule has 2 fully saturated rings. The zero-order valence-electron chi connectivity index (χ0n) is 30.8. The molecule has 1 aliphatic carbocycles. The monoisotopic (exact) mass is 678 g/mol. The van der Waals surface area contributed by atoms with Gasteiger partial charge in [-0.2, -0.15) is 4.98 Å². The average molecular weight is 679 g/mol. The molecule has 9 heteroatoms. The molecule has 3 heterocycles. The standard InChI is InChI=1S/C40H54N6O2Si/c1-29(2)49(30(3)4,31(5)6)25-16-33-26-34(47-24-23-45-21-19-44(8)20-22-45)14-15-35(33)37-43-36-38(46(37)27-32-12-10-9-11-13-32)41-28-42-39(36)48-40(7)17-18-40/h9-15,26,28-31H,17-24,27H2,1-8H3. The van der Waals surface area contributed by atoms with Crippen LogP contribution in [0.4, 0.5) is 0 Å². The predicted octanol–water partition coefficient (Wildman–Crippen LogP) is 7.67. The molecule has 4 aromatic rings. The van der Waals surface area contributed by atoms with Crippen LogP contribution in [0.2, 0.25) is 16.6 Å². The van der Waals surface area contributed by atoms with Crippen LogP contribution in [0.5, 0.6) is 11.6 Å². The van der Waals surface area contributed by atoms with E-state index in [-0.39, 0.29) is 5.60 Å². The Balaban J connectivity index is 1.45. The van der Waals surface area contributed by atoms with E-state index in [4.69, 9.17) is 19.4 Å². The molecule has 1 aliphatic heterocycles. The van der Waals surface area contributed by atoms with E-state index in [2.05, 4.69) is 129 Å². The smallest absolute Gasteiger partial charge is 0.245 e. The highest BCUT2D eigenvalue weighted by atomic mass is 28.3. The van der Waals surface area contributed by atoms with Crippen molar-refractivity contribution in [2.45, 2.75) is 90.1 Å². The summed E-state index contributed by atoms with van der Waals surface area (Å²) in [7, 11) is 0.167. The lowest BCUT2D eigenvalue weighted by Gasteiger charge is -2.38. The van der Waals surface area contributed by atoms with Crippen LogP contribution in [-0.2, 0) is 6.54 Å². The molecular formula is C40H54N6O2Si. The van der Waals surface area contributed by atoms with Gasteiger partial charge in [0.1, 0.15) is 38.2 Å². The van der Waals surface area contributed by atoms with Gasteiger partial charge in [0.15, 0.2) is 11.2 Å². The highest BCUT2D eigenvalue weighted by Gasteiger charge is 2.42. The van der Waals surface area contributed by atoms with Gasteiger partial charge in [-0.05, 0) is 67.2 Å². The Morgan fingerprint density at radius 1 is 0.898 bits per heavy atom. The first-order valence-corrected chi connectivity index (χ1v) is 20.4. The number of ether oxygens (including phenoxy) is 2. The van der Waals surface area contributed by atoms with Crippen molar-refractivity contribution in [2.75, 3.05) is 46.4 Å². The molecule has 0 radical (unpaired) electrons. The topological polar surface area (TPSA) is 68.5 Å². The van der Waals surface area contributed by atoms with Gasteiger partial charge in [-0.25, -0.2) is 9.97 Å². The molecule has 2 aromatic carbocycles. The van der Waals surface area contributed by atoms with Crippen LogP contribution in [0.15, 0.2) is 54.9 Å². The summed E-state index contributed by atoms with van der Waals surface area (Å²) in [6, 6.07) is 16.8. The van der Waals surface area contributed by atoms with Crippen molar-refractivity contribution in [1.29, 1.82) is 0 Å². The molecule has 1 saturated carbocycles. The third kappa shape index (κ3) is 7.72. The quantitative estimate of drug-likeness (QED) is 0.113. The lowest BCUT2D eigenvalue weighted by molar-refractivity contribution is 0.134. The number of nitrogens with zero attached hydrogens (tertiary/aromatic N) is 6. The number of aromatic nitrogens is 4. The third-order valence-corrected chi connectivity index (χ3v) is 17.1. The van der Waals surface area contributed by atoms with Crippen LogP contribution in [-0.4, -0.2) is 89.4 Å². The Morgan fingerprint density at radius 3 is 2.24 bits per heavy atom. The molecule has 1 saturated heterocycles. The Labute approximate surface area is 294 Å². The highest BCUT2D eigenvalue weighted by molar-refractivity contribution is 6.90. The Morgan fingerprint density at radius 2 is 1.59 bits per heavy atom. The van der Waals surface area contributed by atoms with E-state index >= 15 is 0 Å². The van der Waals surface area contributed by atoms with Gasteiger partial charge >= 0.3 is 0 Å². The van der Waals surface area contributed by atoms with Gasteiger partial charge in [-0.1, -0.05) is 77.8 Å². The van der Waals surface area contributed by atoms with Gasteiger partial charge in [-0.3, -0.25) is 4.90 Å². The number of hydrogen-bond donors (Lipinski definition) is 0. The van der Waals surface area contributed by atoms with Crippen LogP contribution in [0, 0.1) is 11.5 Å². The van der Waals surface area contributed by atoms with Gasteiger partial charge < -0.3 is 18.9 Å². The fourth-order valence-corrected chi connectivity index (χ4v) is 12.7. The van der Waals surface area contributed by atoms with E-state index in [1.54, 1.807) is 6.33 Å². The minimum Gasteiger partial charge on any atom is -0.492 e. The highest BCUT2D eigenvalue weighted by Crippen LogP contribution is 2.42. The summed E-state index contributed by atoms with van der Waals surface area (Å²) in [5.41, 5.74) is 9.87. The van der Waals surface area contributed by atoms with Crippen molar-refractivity contribution in [3.63, 3.8) is 0 Å². The molecule has 0 unspecified atom stereocenters. The SMILES string of the molecule is CC(C)[Si](C#Cc1cc(OCCN2CCN(C)CC2)ccc1-c1nc2c(OC3(C)CC3)ncnc2n1Cc1ccccc1)(C(C)C)C(C)C. The first-order valence-electron chi connectivity index (χ1n) is 18.1. The zero-order valence-corrected chi connectivity index (χ0v) is 31.8. The van der Waals surface area contributed by atoms with E-state index in [9.17, 15) is 0 Å². The number of fused-ring (bicyclic) bond motifs is 1. The maximum absolute atomic E-state index is 6.43. The molecule has 8 nitrogen and oxygen atoms in total. The zero-order chi connectivity index (χ0) is 34.8. The van der Waals surface area contributed by atoms with Crippen LogP contribution in [0.25, 0.3) is 22.6 Å². The molecular weight excluding hydrogens is 625 g/mol. The van der Waals surface area contributed by atoms with Gasteiger partial charge in [0.2, 0.25) is 5.88 Å². The lowest BCUT2D eigenvalue weighted by atomic mass is 10.1. The summed E-state index contributed by atoms with van der Waals surface area (Å²) in [5, 5.41) is 0. The van der Waals surface area contributed by atoms with Crippen LogP contribution in [0.1, 0.15) is 72.4 Å². The number of likely N-dealkylation sites (N-methyl/N-ethyl adjacent to an activating group) is 1. The number of piperazine rings is 1. The summed E-state index contributed by atoms with van der Waals surface area (Å²) in [6.45, 7) is 22.8. The molecule has 0 amide bonds.